The molecule has 128 valence electrons. The molecule has 0 unspecified atom stereocenters. The predicted octanol–water partition coefficient (Wildman–Crippen LogP) is 6.88. The van der Waals surface area contributed by atoms with Crippen LogP contribution >= 0.6 is 0 Å². The fraction of sp³-hybridized carbons (Fsp3) is 1.00. The Morgan fingerprint density at radius 3 is 1.19 bits per heavy atom. The van der Waals surface area contributed by atoms with Crippen molar-refractivity contribution in [3.63, 3.8) is 0 Å². The Labute approximate surface area is 134 Å². The lowest BCUT2D eigenvalue weighted by molar-refractivity contribution is 0.204. The van der Waals surface area contributed by atoms with Crippen LogP contribution in [-0.2, 0) is 0 Å². The number of aliphatic hydroxyl groups is 1. The average Bonchev–Trinajstić information content (AvgIpc) is 2.51. The van der Waals surface area contributed by atoms with Gasteiger partial charge in [-0.15, -0.1) is 0 Å². The molecule has 0 atom stereocenters. The second-order valence-electron chi connectivity index (χ2n) is 6.87. The second-order valence-corrected chi connectivity index (χ2v) is 6.87. The molecule has 0 amide bonds. The van der Waals surface area contributed by atoms with E-state index in [4.69, 9.17) is 0 Å². The van der Waals surface area contributed by atoms with E-state index in [1.54, 1.807) is 0 Å². The molecule has 0 fully saturated rings. The summed E-state index contributed by atoms with van der Waals surface area (Å²) >= 11 is 0. The molecule has 0 saturated carbocycles. The van der Waals surface area contributed by atoms with Gasteiger partial charge in [-0.3, -0.25) is 0 Å². The summed E-state index contributed by atoms with van der Waals surface area (Å²) < 4.78 is 0. The van der Waals surface area contributed by atoms with Crippen molar-refractivity contribution in [1.82, 2.24) is 0 Å². The van der Waals surface area contributed by atoms with Gasteiger partial charge in [0.15, 0.2) is 0 Å². The Morgan fingerprint density at radius 2 is 0.857 bits per heavy atom. The lowest BCUT2D eigenvalue weighted by atomic mass is 9.95. The SMILES string of the molecule is CCCCCCCCCC(CO)CCCCCCCCC. The molecule has 0 aliphatic rings. The molecular weight excluding hydrogens is 256 g/mol. The molecule has 0 aliphatic carbocycles. The molecule has 0 rings (SSSR count). The quantitative estimate of drug-likeness (QED) is 0.290. The highest BCUT2D eigenvalue weighted by Gasteiger charge is 2.06. The van der Waals surface area contributed by atoms with Gasteiger partial charge >= 0.3 is 0 Å². The fourth-order valence-electron chi connectivity index (χ4n) is 3.11. The molecule has 0 aromatic carbocycles. The maximum absolute atomic E-state index is 9.47. The van der Waals surface area contributed by atoms with E-state index < -0.39 is 0 Å². The van der Waals surface area contributed by atoms with Crippen LogP contribution in [0.2, 0.25) is 0 Å². The summed E-state index contributed by atoms with van der Waals surface area (Å²) in [5.41, 5.74) is 0. The van der Waals surface area contributed by atoms with Gasteiger partial charge in [0, 0.05) is 6.61 Å². The molecule has 1 N–H and O–H groups in total. The van der Waals surface area contributed by atoms with E-state index in [1.165, 1.54) is 103 Å². The largest absolute Gasteiger partial charge is 0.396 e. The van der Waals surface area contributed by atoms with Crippen LogP contribution in [0.25, 0.3) is 0 Å². The summed E-state index contributed by atoms with van der Waals surface area (Å²) in [6.07, 6.45) is 21.8. The van der Waals surface area contributed by atoms with Gasteiger partial charge < -0.3 is 5.11 Å². The molecule has 0 aliphatic heterocycles. The average molecular weight is 299 g/mol. The van der Waals surface area contributed by atoms with Gasteiger partial charge in [0.25, 0.3) is 0 Å². The van der Waals surface area contributed by atoms with Crippen molar-refractivity contribution in [2.24, 2.45) is 5.92 Å². The van der Waals surface area contributed by atoms with Gasteiger partial charge in [0.2, 0.25) is 0 Å². The van der Waals surface area contributed by atoms with Crippen LogP contribution in [0.1, 0.15) is 117 Å². The molecular formula is C20H42O. The zero-order chi connectivity index (χ0) is 15.6. The normalized spacial score (nSPS) is 11.4. The van der Waals surface area contributed by atoms with Crippen molar-refractivity contribution in [3.05, 3.63) is 0 Å². The van der Waals surface area contributed by atoms with Crippen LogP contribution in [0.15, 0.2) is 0 Å². The van der Waals surface area contributed by atoms with Crippen LogP contribution in [-0.4, -0.2) is 11.7 Å². The van der Waals surface area contributed by atoms with Crippen molar-refractivity contribution >= 4 is 0 Å². The first kappa shape index (κ1) is 21.0. The number of rotatable bonds is 17. The predicted molar refractivity (Wildman–Crippen MR) is 95.8 cm³/mol. The molecule has 21 heavy (non-hydrogen) atoms. The van der Waals surface area contributed by atoms with E-state index in [0.717, 1.165) is 0 Å². The van der Waals surface area contributed by atoms with Crippen molar-refractivity contribution < 1.29 is 5.11 Å². The van der Waals surface area contributed by atoms with Gasteiger partial charge in [0.05, 0.1) is 0 Å². The zero-order valence-corrected chi connectivity index (χ0v) is 15.0. The van der Waals surface area contributed by atoms with Gasteiger partial charge in [0.1, 0.15) is 0 Å². The van der Waals surface area contributed by atoms with Crippen molar-refractivity contribution in [2.75, 3.05) is 6.61 Å². The van der Waals surface area contributed by atoms with Gasteiger partial charge in [-0.2, -0.15) is 0 Å². The van der Waals surface area contributed by atoms with Crippen molar-refractivity contribution in [1.29, 1.82) is 0 Å². The summed E-state index contributed by atoms with van der Waals surface area (Å²) in [6, 6.07) is 0. The van der Waals surface area contributed by atoms with Crippen LogP contribution in [0, 0.1) is 5.92 Å². The maximum atomic E-state index is 9.47. The molecule has 0 heterocycles. The number of hydrogen-bond donors (Lipinski definition) is 1. The van der Waals surface area contributed by atoms with E-state index in [0.29, 0.717) is 12.5 Å². The minimum Gasteiger partial charge on any atom is -0.396 e. The van der Waals surface area contributed by atoms with Crippen LogP contribution < -0.4 is 0 Å². The molecule has 0 aromatic rings. The molecule has 0 radical (unpaired) electrons. The molecule has 0 aromatic heterocycles. The summed E-state index contributed by atoms with van der Waals surface area (Å²) in [7, 11) is 0. The zero-order valence-electron chi connectivity index (χ0n) is 15.0. The Balaban J connectivity index is 3.29. The third-order valence-electron chi connectivity index (χ3n) is 4.69. The van der Waals surface area contributed by atoms with E-state index in [-0.39, 0.29) is 0 Å². The highest BCUT2D eigenvalue weighted by molar-refractivity contribution is 4.59. The highest BCUT2D eigenvalue weighted by atomic mass is 16.3. The third-order valence-corrected chi connectivity index (χ3v) is 4.69. The molecule has 1 nitrogen and oxygen atoms in total. The van der Waals surface area contributed by atoms with E-state index in [1.807, 2.05) is 0 Å². The van der Waals surface area contributed by atoms with Crippen molar-refractivity contribution in [2.45, 2.75) is 117 Å². The second kappa shape index (κ2) is 18.0. The minimum absolute atomic E-state index is 0.408. The minimum atomic E-state index is 0.408. The first-order valence-corrected chi connectivity index (χ1v) is 9.96. The monoisotopic (exact) mass is 298 g/mol. The molecule has 0 saturated heterocycles. The third kappa shape index (κ3) is 16.2. The Morgan fingerprint density at radius 1 is 0.524 bits per heavy atom. The van der Waals surface area contributed by atoms with Gasteiger partial charge in [-0.1, -0.05) is 104 Å². The standard InChI is InChI=1S/C20H42O/c1-3-5-7-9-11-13-15-17-20(19-21)18-16-14-12-10-8-6-4-2/h20-21H,3-19H2,1-2H3. The van der Waals surface area contributed by atoms with Crippen LogP contribution in [0.3, 0.4) is 0 Å². The topological polar surface area (TPSA) is 20.2 Å². The number of aliphatic hydroxyl groups excluding tert-OH is 1. The Bertz CT molecular complexity index is 161. The number of unbranched alkanes of at least 4 members (excludes halogenated alkanes) is 12. The summed E-state index contributed by atoms with van der Waals surface area (Å²) in [5.74, 6) is 0.580. The highest BCUT2D eigenvalue weighted by Crippen LogP contribution is 2.19. The summed E-state index contributed by atoms with van der Waals surface area (Å²) in [6.45, 7) is 4.96. The Hall–Kier alpha value is -0.0400. The Kier molecular flexibility index (Phi) is 18.0. The van der Waals surface area contributed by atoms with Crippen LogP contribution in [0.4, 0.5) is 0 Å². The smallest absolute Gasteiger partial charge is 0.0459 e. The van der Waals surface area contributed by atoms with Gasteiger partial charge in [-0.05, 0) is 18.8 Å². The van der Waals surface area contributed by atoms with Crippen molar-refractivity contribution in [3.8, 4) is 0 Å². The molecule has 0 spiro atoms. The van der Waals surface area contributed by atoms with E-state index >= 15 is 0 Å². The van der Waals surface area contributed by atoms with E-state index in [2.05, 4.69) is 13.8 Å². The first-order chi connectivity index (χ1) is 10.3. The van der Waals surface area contributed by atoms with Crippen LogP contribution in [0.5, 0.6) is 0 Å². The first-order valence-electron chi connectivity index (χ1n) is 9.96. The molecule has 0 bridgehead atoms. The lowest BCUT2D eigenvalue weighted by Crippen LogP contribution is -2.06. The molecule has 1 heteroatoms. The summed E-state index contributed by atoms with van der Waals surface area (Å²) in [5, 5.41) is 9.47. The summed E-state index contributed by atoms with van der Waals surface area (Å²) in [4.78, 5) is 0. The van der Waals surface area contributed by atoms with Gasteiger partial charge in [-0.25, -0.2) is 0 Å². The maximum Gasteiger partial charge on any atom is 0.0459 e. The van der Waals surface area contributed by atoms with E-state index in [9.17, 15) is 5.11 Å². The lowest BCUT2D eigenvalue weighted by Gasteiger charge is -2.13. The number of hydrogen-bond acceptors (Lipinski definition) is 1. The fourth-order valence-corrected chi connectivity index (χ4v) is 3.11.